The van der Waals surface area contributed by atoms with E-state index in [9.17, 15) is 14.4 Å². The second-order valence-electron chi connectivity index (χ2n) is 10.8. The van der Waals surface area contributed by atoms with Crippen molar-refractivity contribution in [3.63, 3.8) is 0 Å². The van der Waals surface area contributed by atoms with Crippen molar-refractivity contribution in [2.45, 2.75) is 72.7 Å². The minimum absolute atomic E-state index is 0.0312. The van der Waals surface area contributed by atoms with Gasteiger partial charge in [0.25, 0.3) is 0 Å². The maximum absolute atomic E-state index is 13.0. The van der Waals surface area contributed by atoms with E-state index in [4.69, 9.17) is 14.2 Å². The molecule has 1 aliphatic heterocycles. The predicted octanol–water partition coefficient (Wildman–Crippen LogP) is 3.37. The van der Waals surface area contributed by atoms with Gasteiger partial charge in [0, 0.05) is 12.3 Å². The molecule has 162 valence electrons. The Hall–Kier alpha value is -1.43. The van der Waals surface area contributed by atoms with Crippen LogP contribution in [0.3, 0.4) is 0 Å². The Labute approximate surface area is 173 Å². The summed E-state index contributed by atoms with van der Waals surface area (Å²) in [6.45, 7) is 10.7. The van der Waals surface area contributed by atoms with Crippen LogP contribution >= 0.6 is 0 Å². The van der Waals surface area contributed by atoms with Crippen molar-refractivity contribution < 1.29 is 28.6 Å². The number of esters is 2. The van der Waals surface area contributed by atoms with E-state index in [2.05, 4.69) is 20.8 Å². The van der Waals surface area contributed by atoms with Gasteiger partial charge in [-0.25, -0.2) is 0 Å². The standard InChI is InChI=1S/C23H34O6/c1-11(2)13-8-7-12(3)9-14(13)28-20-16-17(19(25)29-20)23(21(26)27-6)15(24)10-22(4,5)18(16)23/h11-14,16-18,20H,7-10H2,1-6H3/t12-,13+,14-,16-,17-,18-,20-,23+/m1/s1. The maximum atomic E-state index is 13.0. The number of Topliss-reactive ketones (excluding diaryl/α,β-unsaturated/α-hetero) is 1. The highest BCUT2D eigenvalue weighted by molar-refractivity contribution is 6.12. The fourth-order valence-electron chi connectivity index (χ4n) is 7.05. The minimum Gasteiger partial charge on any atom is -0.468 e. The van der Waals surface area contributed by atoms with Crippen LogP contribution in [0.15, 0.2) is 0 Å². The van der Waals surface area contributed by atoms with Gasteiger partial charge in [0.05, 0.1) is 19.1 Å². The Kier molecular flexibility index (Phi) is 4.88. The van der Waals surface area contributed by atoms with Gasteiger partial charge in [-0.3, -0.25) is 14.4 Å². The summed E-state index contributed by atoms with van der Waals surface area (Å²) < 4.78 is 17.2. The van der Waals surface area contributed by atoms with E-state index in [1.54, 1.807) is 0 Å². The van der Waals surface area contributed by atoms with Crippen molar-refractivity contribution in [1.82, 2.24) is 0 Å². The molecular formula is C23H34O6. The highest BCUT2D eigenvalue weighted by Crippen LogP contribution is 2.72. The highest BCUT2D eigenvalue weighted by atomic mass is 16.7. The van der Waals surface area contributed by atoms with Crippen LogP contribution in [0.25, 0.3) is 0 Å². The molecule has 4 rings (SSSR count). The van der Waals surface area contributed by atoms with E-state index in [-0.39, 0.29) is 30.1 Å². The third kappa shape index (κ3) is 2.74. The molecule has 0 unspecified atom stereocenters. The Morgan fingerprint density at radius 2 is 1.90 bits per heavy atom. The third-order valence-corrected chi connectivity index (χ3v) is 8.26. The van der Waals surface area contributed by atoms with Crippen molar-refractivity contribution in [2.75, 3.05) is 7.11 Å². The summed E-state index contributed by atoms with van der Waals surface area (Å²) >= 11 is 0. The zero-order chi connectivity index (χ0) is 21.3. The summed E-state index contributed by atoms with van der Waals surface area (Å²) in [4.78, 5) is 38.6. The molecule has 29 heavy (non-hydrogen) atoms. The molecule has 0 aromatic carbocycles. The number of rotatable bonds is 4. The van der Waals surface area contributed by atoms with Crippen molar-refractivity contribution in [3.8, 4) is 0 Å². The largest absolute Gasteiger partial charge is 0.468 e. The van der Waals surface area contributed by atoms with Gasteiger partial charge in [0.2, 0.25) is 6.29 Å². The van der Waals surface area contributed by atoms with Crippen LogP contribution in [0.5, 0.6) is 0 Å². The number of cyclic esters (lactones) is 1. The van der Waals surface area contributed by atoms with Gasteiger partial charge in [-0.2, -0.15) is 0 Å². The number of ether oxygens (including phenoxy) is 3. The second-order valence-corrected chi connectivity index (χ2v) is 10.8. The molecule has 0 amide bonds. The smallest absolute Gasteiger partial charge is 0.320 e. The summed E-state index contributed by atoms with van der Waals surface area (Å²) in [5.41, 5.74) is -1.80. The SMILES string of the molecule is COC(=O)[C@]12C(=O)CC(C)(C)[C@H]1[C@@H]1[C@H](O[C@@H]3C[C@H](C)CC[C@H]3C(C)C)OC(=O)[C@@H]12. The lowest BCUT2D eigenvalue weighted by molar-refractivity contribution is -0.228. The number of hydrogen-bond donors (Lipinski definition) is 0. The summed E-state index contributed by atoms with van der Waals surface area (Å²) in [6.07, 6.45) is 2.87. The lowest BCUT2D eigenvalue weighted by atomic mass is 9.44. The van der Waals surface area contributed by atoms with Crippen molar-refractivity contribution in [1.29, 1.82) is 0 Å². The molecule has 0 aromatic rings. The molecule has 1 heterocycles. The molecule has 3 aliphatic carbocycles. The van der Waals surface area contributed by atoms with E-state index in [0.29, 0.717) is 17.8 Å². The van der Waals surface area contributed by atoms with Gasteiger partial charge in [0.15, 0.2) is 5.78 Å². The first kappa shape index (κ1) is 20.8. The summed E-state index contributed by atoms with van der Waals surface area (Å²) in [7, 11) is 1.28. The highest BCUT2D eigenvalue weighted by Gasteiger charge is 2.84. The predicted molar refractivity (Wildman–Crippen MR) is 104 cm³/mol. The number of fused-ring (bicyclic) bond motifs is 4. The van der Waals surface area contributed by atoms with Crippen LogP contribution < -0.4 is 0 Å². The molecule has 8 atom stereocenters. The monoisotopic (exact) mass is 406 g/mol. The number of carbonyl (C=O) groups excluding carboxylic acids is 3. The summed E-state index contributed by atoms with van der Waals surface area (Å²) in [5, 5.41) is 0. The molecule has 0 spiro atoms. The lowest BCUT2D eigenvalue weighted by Gasteiger charge is -2.54. The van der Waals surface area contributed by atoms with E-state index in [1.807, 2.05) is 13.8 Å². The quantitative estimate of drug-likeness (QED) is 0.526. The number of methoxy groups -OCH3 is 1. The average Bonchev–Trinajstić information content (AvgIpc) is 2.93. The number of hydrogen-bond acceptors (Lipinski definition) is 6. The van der Waals surface area contributed by atoms with Gasteiger partial charge in [0.1, 0.15) is 5.41 Å². The van der Waals surface area contributed by atoms with E-state index < -0.39 is 35.0 Å². The van der Waals surface area contributed by atoms with Crippen LogP contribution in [0.4, 0.5) is 0 Å². The molecule has 1 saturated heterocycles. The van der Waals surface area contributed by atoms with Gasteiger partial charge >= 0.3 is 11.9 Å². The Balaban J connectivity index is 1.64. The molecule has 4 fully saturated rings. The normalized spacial score (nSPS) is 45.4. The first-order chi connectivity index (χ1) is 13.6. The van der Waals surface area contributed by atoms with Crippen molar-refractivity contribution >= 4 is 17.7 Å². The van der Waals surface area contributed by atoms with Gasteiger partial charge in [-0.05, 0) is 41.9 Å². The van der Waals surface area contributed by atoms with E-state index in [0.717, 1.165) is 12.8 Å². The third-order valence-electron chi connectivity index (χ3n) is 8.26. The van der Waals surface area contributed by atoms with Crippen LogP contribution in [0.2, 0.25) is 0 Å². The molecule has 4 aliphatic rings. The molecule has 6 heteroatoms. The topological polar surface area (TPSA) is 78.9 Å². The van der Waals surface area contributed by atoms with E-state index in [1.165, 1.54) is 13.5 Å². The molecular weight excluding hydrogens is 372 g/mol. The molecule has 0 N–H and O–H groups in total. The maximum Gasteiger partial charge on any atom is 0.320 e. The number of carbonyl (C=O) groups is 3. The van der Waals surface area contributed by atoms with Crippen molar-refractivity contribution in [3.05, 3.63) is 0 Å². The molecule has 3 saturated carbocycles. The van der Waals surface area contributed by atoms with Crippen molar-refractivity contribution in [2.24, 2.45) is 46.3 Å². The first-order valence-electron chi connectivity index (χ1n) is 11.0. The second kappa shape index (κ2) is 6.79. The fraction of sp³-hybridized carbons (Fsp3) is 0.870. The minimum atomic E-state index is -1.39. The number of ketones is 1. The lowest BCUT2D eigenvalue weighted by Crippen LogP contribution is -2.66. The van der Waals surface area contributed by atoms with Crippen LogP contribution in [0, 0.1) is 46.3 Å². The average molecular weight is 407 g/mol. The first-order valence-corrected chi connectivity index (χ1v) is 11.0. The van der Waals surface area contributed by atoms with E-state index >= 15 is 0 Å². The Morgan fingerprint density at radius 3 is 2.52 bits per heavy atom. The zero-order valence-electron chi connectivity index (χ0n) is 18.4. The molecule has 0 bridgehead atoms. The van der Waals surface area contributed by atoms with Crippen LogP contribution in [0.1, 0.15) is 60.3 Å². The van der Waals surface area contributed by atoms with Gasteiger partial charge < -0.3 is 14.2 Å². The van der Waals surface area contributed by atoms with Gasteiger partial charge in [-0.15, -0.1) is 0 Å². The van der Waals surface area contributed by atoms with Crippen LogP contribution in [-0.4, -0.2) is 37.2 Å². The summed E-state index contributed by atoms with van der Waals surface area (Å²) in [5.74, 6) is -1.14. The Bertz CT molecular complexity index is 727. The van der Waals surface area contributed by atoms with Crippen LogP contribution in [-0.2, 0) is 28.6 Å². The molecule has 6 nitrogen and oxygen atoms in total. The Morgan fingerprint density at radius 1 is 1.21 bits per heavy atom. The van der Waals surface area contributed by atoms with Gasteiger partial charge in [-0.1, -0.05) is 41.0 Å². The molecule has 0 radical (unpaired) electrons. The zero-order valence-corrected chi connectivity index (χ0v) is 18.4. The molecule has 0 aromatic heterocycles. The fourth-order valence-corrected chi connectivity index (χ4v) is 7.05. The summed E-state index contributed by atoms with van der Waals surface area (Å²) in [6, 6.07) is 0.